The number of benzene rings is 1. The summed E-state index contributed by atoms with van der Waals surface area (Å²) in [6, 6.07) is 6.15. The fourth-order valence-corrected chi connectivity index (χ4v) is 3.86. The van der Waals surface area contributed by atoms with E-state index in [1.807, 2.05) is 0 Å². The van der Waals surface area contributed by atoms with Gasteiger partial charge in [0.1, 0.15) is 0 Å². The lowest BCUT2D eigenvalue weighted by atomic mass is 9.90. The first kappa shape index (κ1) is 14.8. The monoisotopic (exact) mass is 317 g/mol. The van der Waals surface area contributed by atoms with Gasteiger partial charge >= 0.3 is 0 Å². The van der Waals surface area contributed by atoms with Crippen LogP contribution in [-0.2, 0) is 0 Å². The number of hydrogen-bond donors (Lipinski definition) is 3. The molecule has 1 aromatic carbocycles. The van der Waals surface area contributed by atoms with Gasteiger partial charge in [-0.2, -0.15) is 0 Å². The van der Waals surface area contributed by atoms with Crippen LogP contribution < -0.4 is 25.6 Å². The number of amides is 1. The molecule has 1 aromatic rings. The highest BCUT2D eigenvalue weighted by Gasteiger charge is 2.36. The first-order valence-corrected chi connectivity index (χ1v) is 8.50. The van der Waals surface area contributed by atoms with E-state index in [0.29, 0.717) is 41.6 Å². The minimum atomic E-state index is -0.0674. The Morgan fingerprint density at radius 2 is 2.00 bits per heavy atom. The minimum absolute atomic E-state index is 0.0674. The molecule has 2 fully saturated rings. The number of hydrazine groups is 1. The van der Waals surface area contributed by atoms with Crippen LogP contribution in [0.2, 0.25) is 0 Å². The van der Waals surface area contributed by atoms with E-state index in [-0.39, 0.29) is 12.7 Å². The Labute approximate surface area is 135 Å². The second-order valence-electron chi connectivity index (χ2n) is 6.58. The molecule has 0 spiro atoms. The summed E-state index contributed by atoms with van der Waals surface area (Å²) in [5, 5.41) is 3.05. The fourth-order valence-electron chi connectivity index (χ4n) is 3.86. The third kappa shape index (κ3) is 3.01. The largest absolute Gasteiger partial charge is 0.454 e. The van der Waals surface area contributed by atoms with Crippen LogP contribution in [0, 0.1) is 5.92 Å². The van der Waals surface area contributed by atoms with Gasteiger partial charge in [-0.25, -0.2) is 0 Å². The third-order valence-electron chi connectivity index (χ3n) is 5.16. The van der Waals surface area contributed by atoms with Crippen molar-refractivity contribution < 1.29 is 14.3 Å². The Balaban J connectivity index is 1.36. The highest BCUT2D eigenvalue weighted by molar-refractivity contribution is 5.94. The molecule has 2 aliphatic heterocycles. The van der Waals surface area contributed by atoms with Crippen molar-refractivity contribution in [3.8, 4) is 11.5 Å². The Hall–Kier alpha value is -1.79. The molecule has 3 N–H and O–H groups in total. The van der Waals surface area contributed by atoms with E-state index < -0.39 is 0 Å². The first-order chi connectivity index (χ1) is 11.3. The molecule has 3 unspecified atom stereocenters. The van der Waals surface area contributed by atoms with E-state index in [1.165, 1.54) is 32.1 Å². The zero-order valence-electron chi connectivity index (χ0n) is 13.1. The maximum atomic E-state index is 12.4. The molecule has 2 heterocycles. The molecular weight excluding hydrogens is 294 g/mol. The molecule has 23 heavy (non-hydrogen) atoms. The quantitative estimate of drug-likeness (QED) is 0.789. The molecule has 124 valence electrons. The fraction of sp³-hybridized carbons (Fsp3) is 0.588. The molecule has 1 saturated carbocycles. The second-order valence-corrected chi connectivity index (χ2v) is 6.58. The number of carbonyl (C=O) groups excluding carboxylic acids is 1. The van der Waals surface area contributed by atoms with Gasteiger partial charge in [0.2, 0.25) is 6.79 Å². The van der Waals surface area contributed by atoms with Crippen LogP contribution in [0.3, 0.4) is 0 Å². The summed E-state index contributed by atoms with van der Waals surface area (Å²) in [6.07, 6.45) is 6.37. The van der Waals surface area contributed by atoms with Crippen molar-refractivity contribution in [3.63, 3.8) is 0 Å². The van der Waals surface area contributed by atoms with Crippen LogP contribution in [-0.4, -0.2) is 31.3 Å². The van der Waals surface area contributed by atoms with Crippen LogP contribution in [0.5, 0.6) is 11.5 Å². The Morgan fingerprint density at radius 3 is 2.96 bits per heavy atom. The molecule has 3 aliphatic rings. The van der Waals surface area contributed by atoms with Crippen LogP contribution in [0.15, 0.2) is 18.2 Å². The molecule has 4 rings (SSSR count). The molecule has 6 heteroatoms. The molecule has 3 atom stereocenters. The van der Waals surface area contributed by atoms with Crippen molar-refractivity contribution in [2.45, 2.75) is 44.2 Å². The normalized spacial score (nSPS) is 29.0. The molecule has 1 saturated heterocycles. The first-order valence-electron chi connectivity index (χ1n) is 8.50. The molecule has 0 aromatic heterocycles. The van der Waals surface area contributed by atoms with Crippen molar-refractivity contribution in [1.82, 2.24) is 16.2 Å². The van der Waals surface area contributed by atoms with Gasteiger partial charge in [0.15, 0.2) is 11.5 Å². The number of ether oxygens (including phenoxy) is 2. The summed E-state index contributed by atoms with van der Waals surface area (Å²) in [6.45, 7) is 0.864. The van der Waals surface area contributed by atoms with Crippen molar-refractivity contribution in [1.29, 1.82) is 0 Å². The SMILES string of the molecule is O=C(NCC1NNC2CCCCCC21)c1ccc2c(c1)OCO2. The maximum Gasteiger partial charge on any atom is 0.251 e. The van der Waals surface area contributed by atoms with Gasteiger partial charge in [-0.1, -0.05) is 19.3 Å². The van der Waals surface area contributed by atoms with Crippen LogP contribution in [0.1, 0.15) is 42.5 Å². The number of rotatable bonds is 3. The van der Waals surface area contributed by atoms with Crippen molar-refractivity contribution >= 4 is 5.91 Å². The van der Waals surface area contributed by atoms with Gasteiger partial charge in [0.25, 0.3) is 5.91 Å². The van der Waals surface area contributed by atoms with Crippen molar-refractivity contribution in [2.75, 3.05) is 13.3 Å². The lowest BCUT2D eigenvalue weighted by Gasteiger charge is -2.21. The third-order valence-corrected chi connectivity index (χ3v) is 5.16. The standard InChI is InChI=1S/C17H23N3O3/c21-17(11-6-7-15-16(8-11)23-10-22-15)18-9-14-12-4-2-1-3-5-13(12)19-20-14/h6-8,12-14,19-20H,1-5,9-10H2,(H,18,21). The lowest BCUT2D eigenvalue weighted by Crippen LogP contribution is -2.42. The topological polar surface area (TPSA) is 71.6 Å². The highest BCUT2D eigenvalue weighted by atomic mass is 16.7. The van der Waals surface area contributed by atoms with Crippen LogP contribution >= 0.6 is 0 Å². The maximum absolute atomic E-state index is 12.4. The Bertz CT molecular complexity index is 592. The van der Waals surface area contributed by atoms with E-state index in [1.54, 1.807) is 18.2 Å². The Kier molecular flexibility index (Phi) is 4.10. The van der Waals surface area contributed by atoms with E-state index in [2.05, 4.69) is 16.2 Å². The zero-order valence-corrected chi connectivity index (χ0v) is 13.1. The molecule has 6 nitrogen and oxygen atoms in total. The summed E-state index contributed by atoms with van der Waals surface area (Å²) in [5.41, 5.74) is 7.38. The molecule has 0 radical (unpaired) electrons. The van der Waals surface area contributed by atoms with E-state index in [4.69, 9.17) is 9.47 Å². The zero-order chi connectivity index (χ0) is 15.6. The summed E-state index contributed by atoms with van der Waals surface area (Å²) in [4.78, 5) is 12.4. The van der Waals surface area contributed by atoms with Crippen molar-refractivity contribution in [2.24, 2.45) is 5.92 Å². The van der Waals surface area contributed by atoms with E-state index >= 15 is 0 Å². The average Bonchev–Trinajstić information content (AvgIpc) is 3.12. The van der Waals surface area contributed by atoms with Gasteiger partial charge in [-0.15, -0.1) is 0 Å². The summed E-state index contributed by atoms with van der Waals surface area (Å²) in [5.74, 6) is 1.88. The minimum Gasteiger partial charge on any atom is -0.454 e. The summed E-state index contributed by atoms with van der Waals surface area (Å²) < 4.78 is 10.6. The van der Waals surface area contributed by atoms with Gasteiger partial charge in [-0.05, 0) is 37.0 Å². The lowest BCUT2D eigenvalue weighted by molar-refractivity contribution is 0.0947. The van der Waals surface area contributed by atoms with Crippen LogP contribution in [0.25, 0.3) is 0 Å². The second kappa shape index (κ2) is 6.37. The van der Waals surface area contributed by atoms with Crippen LogP contribution in [0.4, 0.5) is 0 Å². The predicted octanol–water partition coefficient (Wildman–Crippen LogP) is 1.57. The molecule has 1 aliphatic carbocycles. The van der Waals surface area contributed by atoms with Gasteiger partial charge in [0, 0.05) is 24.2 Å². The molecule has 0 bridgehead atoms. The summed E-state index contributed by atoms with van der Waals surface area (Å²) >= 11 is 0. The summed E-state index contributed by atoms with van der Waals surface area (Å²) in [7, 11) is 0. The smallest absolute Gasteiger partial charge is 0.251 e. The van der Waals surface area contributed by atoms with E-state index in [9.17, 15) is 4.79 Å². The van der Waals surface area contributed by atoms with Crippen molar-refractivity contribution in [3.05, 3.63) is 23.8 Å². The predicted molar refractivity (Wildman–Crippen MR) is 85.3 cm³/mol. The highest BCUT2D eigenvalue weighted by Crippen LogP contribution is 2.32. The van der Waals surface area contributed by atoms with E-state index in [0.717, 1.165) is 0 Å². The van der Waals surface area contributed by atoms with Gasteiger partial charge in [0.05, 0.1) is 0 Å². The number of fused-ring (bicyclic) bond motifs is 2. The molecular formula is C17H23N3O3. The Morgan fingerprint density at radius 1 is 1.13 bits per heavy atom. The number of hydrogen-bond acceptors (Lipinski definition) is 5. The van der Waals surface area contributed by atoms with Gasteiger partial charge in [-0.3, -0.25) is 15.6 Å². The number of carbonyl (C=O) groups is 1. The van der Waals surface area contributed by atoms with Gasteiger partial charge < -0.3 is 14.8 Å². The average molecular weight is 317 g/mol. The molecule has 1 amide bonds. The number of nitrogens with one attached hydrogen (secondary N) is 3.